The Bertz CT molecular complexity index is 437. The Hall–Kier alpha value is -1.11. The highest BCUT2D eigenvalue weighted by Gasteiger charge is 2.30. The van der Waals surface area contributed by atoms with Gasteiger partial charge in [0.1, 0.15) is 0 Å². The van der Waals surface area contributed by atoms with Gasteiger partial charge in [-0.1, -0.05) is 24.3 Å². The van der Waals surface area contributed by atoms with Crippen molar-refractivity contribution < 1.29 is 17.9 Å². The third kappa shape index (κ3) is 4.19. The highest BCUT2D eigenvalue weighted by Crippen LogP contribution is 2.23. The smallest absolute Gasteiger partial charge is 0.318 e. The summed E-state index contributed by atoms with van der Waals surface area (Å²) in [6.45, 7) is 1.37. The molecule has 1 aliphatic heterocycles. The van der Waals surface area contributed by atoms with E-state index in [4.69, 9.17) is 0 Å². The predicted octanol–water partition coefficient (Wildman–Crippen LogP) is 2.17. The van der Waals surface area contributed by atoms with Crippen molar-refractivity contribution in [1.29, 1.82) is 0 Å². The van der Waals surface area contributed by atoms with Crippen LogP contribution in [0.5, 0.6) is 0 Å². The summed E-state index contributed by atoms with van der Waals surface area (Å²) in [5, 5.41) is 3.10. The van der Waals surface area contributed by atoms with Gasteiger partial charge in [-0.25, -0.2) is 0 Å². The number of nitrogens with zero attached hydrogens (tertiary/aromatic N) is 1. The lowest BCUT2D eigenvalue weighted by molar-refractivity contribution is -0.325. The summed E-state index contributed by atoms with van der Waals surface area (Å²) in [6.07, 6.45) is -3.70. The lowest BCUT2D eigenvalue weighted by Crippen LogP contribution is -2.47. The van der Waals surface area contributed by atoms with Gasteiger partial charge in [-0.3, -0.25) is 9.64 Å². The van der Waals surface area contributed by atoms with Gasteiger partial charge in [0.15, 0.2) is 0 Å². The van der Waals surface area contributed by atoms with E-state index in [-0.39, 0.29) is 19.2 Å². The molecular weight excluding hydrogens is 269 g/mol. The number of benzene rings is 1. The van der Waals surface area contributed by atoms with Crippen molar-refractivity contribution in [3.63, 3.8) is 0 Å². The molecule has 1 aliphatic rings. The van der Waals surface area contributed by atoms with Crippen molar-refractivity contribution in [2.75, 3.05) is 26.7 Å². The van der Waals surface area contributed by atoms with Crippen LogP contribution < -0.4 is 5.32 Å². The summed E-state index contributed by atoms with van der Waals surface area (Å²) < 4.78 is 40.0. The topological polar surface area (TPSA) is 24.5 Å². The molecule has 1 N–H and O–H groups in total. The number of likely N-dealkylation sites (N-methyl/N-ethyl adjacent to an activating group) is 1. The minimum atomic E-state index is -4.55. The molecule has 0 aromatic heterocycles. The summed E-state index contributed by atoms with van der Waals surface area (Å²) in [6, 6.07) is 8.27. The molecule has 1 aromatic carbocycles. The molecule has 2 rings (SSSR count). The number of hydrogen-bond donors (Lipinski definition) is 1. The third-order valence-electron chi connectivity index (χ3n) is 3.55. The summed E-state index contributed by atoms with van der Waals surface area (Å²) in [5.74, 6) is 0. The van der Waals surface area contributed by atoms with Crippen molar-refractivity contribution in [3.8, 4) is 0 Å². The van der Waals surface area contributed by atoms with E-state index in [1.54, 1.807) is 0 Å². The van der Waals surface area contributed by atoms with Crippen molar-refractivity contribution in [1.82, 2.24) is 10.2 Å². The predicted molar refractivity (Wildman–Crippen MR) is 70.3 cm³/mol. The fourth-order valence-electron chi connectivity index (χ4n) is 2.62. The van der Waals surface area contributed by atoms with Crippen molar-refractivity contribution in [2.45, 2.75) is 25.4 Å². The Balaban J connectivity index is 1.99. The zero-order valence-electron chi connectivity index (χ0n) is 11.4. The molecular formula is C14H19F3N2O. The van der Waals surface area contributed by atoms with Gasteiger partial charge in [-0.15, -0.1) is 13.2 Å². The molecule has 0 amide bonds. The number of hydrogen-bond acceptors (Lipinski definition) is 3. The summed E-state index contributed by atoms with van der Waals surface area (Å²) >= 11 is 0. The zero-order valence-corrected chi connectivity index (χ0v) is 11.4. The van der Waals surface area contributed by atoms with Gasteiger partial charge in [0.05, 0.1) is 6.61 Å². The molecule has 1 unspecified atom stereocenters. The van der Waals surface area contributed by atoms with E-state index in [0.717, 1.165) is 13.0 Å². The zero-order chi connectivity index (χ0) is 14.6. The lowest BCUT2D eigenvalue weighted by atomic mass is 9.94. The monoisotopic (exact) mass is 288 g/mol. The van der Waals surface area contributed by atoms with E-state index in [2.05, 4.69) is 16.1 Å². The van der Waals surface area contributed by atoms with E-state index < -0.39 is 6.36 Å². The fraction of sp³-hybridized carbons (Fsp3) is 0.571. The average Bonchev–Trinajstić information content (AvgIpc) is 2.38. The minimum Gasteiger partial charge on any atom is -0.318 e. The average molecular weight is 288 g/mol. The molecule has 1 heterocycles. The molecule has 0 saturated carbocycles. The molecule has 1 atom stereocenters. The van der Waals surface area contributed by atoms with Crippen LogP contribution in [0.4, 0.5) is 13.2 Å². The number of halogens is 3. The van der Waals surface area contributed by atoms with Gasteiger partial charge >= 0.3 is 6.36 Å². The number of fused-ring (bicyclic) bond motifs is 1. The second-order valence-corrected chi connectivity index (χ2v) is 4.95. The van der Waals surface area contributed by atoms with Crippen LogP contribution in [-0.2, 0) is 17.7 Å². The number of ether oxygens (including phenoxy) is 1. The Morgan fingerprint density at radius 2 is 2.00 bits per heavy atom. The van der Waals surface area contributed by atoms with Crippen molar-refractivity contribution >= 4 is 0 Å². The van der Waals surface area contributed by atoms with E-state index in [0.29, 0.717) is 6.54 Å². The van der Waals surface area contributed by atoms with Crippen LogP contribution >= 0.6 is 0 Å². The molecule has 6 heteroatoms. The van der Waals surface area contributed by atoms with Crippen LogP contribution in [0.25, 0.3) is 0 Å². The molecule has 0 radical (unpaired) electrons. The summed E-state index contributed by atoms with van der Waals surface area (Å²) in [5.41, 5.74) is 2.47. The highest BCUT2D eigenvalue weighted by atomic mass is 19.4. The van der Waals surface area contributed by atoms with Crippen LogP contribution in [0.2, 0.25) is 0 Å². The standard InChI is InChI=1S/C14H19F3N2O/c1-18-9-13-8-11-4-2-3-5-12(11)10-19(13)6-7-20-14(15,16)17/h2-5,13,18H,6-10H2,1H3. The van der Waals surface area contributed by atoms with Crippen LogP contribution in [0, 0.1) is 0 Å². The third-order valence-corrected chi connectivity index (χ3v) is 3.55. The number of nitrogens with one attached hydrogen (secondary N) is 1. The maximum Gasteiger partial charge on any atom is 0.522 e. The van der Waals surface area contributed by atoms with E-state index in [1.807, 2.05) is 30.1 Å². The van der Waals surface area contributed by atoms with Crippen LogP contribution in [-0.4, -0.2) is 44.0 Å². The van der Waals surface area contributed by atoms with E-state index in [9.17, 15) is 13.2 Å². The van der Waals surface area contributed by atoms with Gasteiger partial charge in [0, 0.05) is 25.7 Å². The fourth-order valence-corrected chi connectivity index (χ4v) is 2.62. The van der Waals surface area contributed by atoms with Gasteiger partial charge in [0.25, 0.3) is 0 Å². The quantitative estimate of drug-likeness (QED) is 0.898. The second kappa shape index (κ2) is 6.56. The minimum absolute atomic E-state index is 0.201. The molecule has 1 aromatic rings. The van der Waals surface area contributed by atoms with Gasteiger partial charge in [0.2, 0.25) is 0 Å². The number of rotatable bonds is 5. The Labute approximate surface area is 116 Å². The molecule has 20 heavy (non-hydrogen) atoms. The molecule has 0 aliphatic carbocycles. The van der Waals surface area contributed by atoms with Gasteiger partial charge in [-0.05, 0) is 24.6 Å². The summed E-state index contributed by atoms with van der Waals surface area (Å²) in [7, 11) is 1.85. The first-order valence-corrected chi connectivity index (χ1v) is 6.65. The maximum atomic E-state index is 12.0. The van der Waals surface area contributed by atoms with Crippen LogP contribution in [0.1, 0.15) is 11.1 Å². The molecule has 0 spiro atoms. The molecule has 0 fully saturated rings. The van der Waals surface area contributed by atoms with Crippen molar-refractivity contribution in [2.24, 2.45) is 0 Å². The summed E-state index contributed by atoms with van der Waals surface area (Å²) in [4.78, 5) is 2.05. The van der Waals surface area contributed by atoms with Crippen molar-refractivity contribution in [3.05, 3.63) is 35.4 Å². The first-order chi connectivity index (χ1) is 9.49. The maximum absolute atomic E-state index is 12.0. The second-order valence-electron chi connectivity index (χ2n) is 4.95. The normalized spacial score (nSPS) is 19.9. The first-order valence-electron chi connectivity index (χ1n) is 6.65. The van der Waals surface area contributed by atoms with E-state index >= 15 is 0 Å². The Kier molecular flexibility index (Phi) is 5.01. The first kappa shape index (κ1) is 15.3. The molecule has 0 saturated heterocycles. The van der Waals surface area contributed by atoms with Gasteiger partial charge in [-0.2, -0.15) is 0 Å². The Morgan fingerprint density at radius 3 is 2.65 bits per heavy atom. The van der Waals surface area contributed by atoms with Crippen LogP contribution in [0.3, 0.4) is 0 Å². The Morgan fingerprint density at radius 1 is 1.30 bits per heavy atom. The van der Waals surface area contributed by atoms with Crippen LogP contribution in [0.15, 0.2) is 24.3 Å². The SMILES string of the molecule is CNCC1Cc2ccccc2CN1CCOC(F)(F)F. The van der Waals surface area contributed by atoms with Gasteiger partial charge < -0.3 is 5.32 Å². The molecule has 0 bridgehead atoms. The molecule has 112 valence electrons. The number of alkyl halides is 3. The lowest BCUT2D eigenvalue weighted by Gasteiger charge is -2.36. The molecule has 3 nitrogen and oxygen atoms in total. The highest BCUT2D eigenvalue weighted by molar-refractivity contribution is 5.30. The van der Waals surface area contributed by atoms with E-state index in [1.165, 1.54) is 11.1 Å². The largest absolute Gasteiger partial charge is 0.522 e.